The SMILES string of the molecule is CC(C)(C)[Si](C)(C)O[C@H]1C(n2cnc3c(NC(=O)c4ccccc4)ncnc32)OC(COP(=S)(OCCC#N)O[C@@H]2C(CO)OC(n3cnc4c(=O)[nH]cnc43)[C@@H]2O[Si](C)(C)C(C)(C)C)[C@H]1O[P+](=O)O. The van der Waals surface area contributed by atoms with Gasteiger partial charge in [-0.2, -0.15) is 5.26 Å². The number of anilines is 1. The number of aromatic nitrogens is 8. The maximum atomic E-state index is 13.2. The van der Waals surface area contributed by atoms with E-state index in [9.17, 15) is 29.4 Å². The average molecular weight is 1060 g/mol. The van der Waals surface area contributed by atoms with Crippen molar-refractivity contribution in [1.29, 1.82) is 5.26 Å². The van der Waals surface area contributed by atoms with Crippen molar-refractivity contribution in [3.8, 4) is 6.07 Å². The van der Waals surface area contributed by atoms with Crippen molar-refractivity contribution in [3.05, 3.63) is 71.6 Å². The Morgan fingerprint density at radius 2 is 1.47 bits per heavy atom. The van der Waals surface area contributed by atoms with E-state index in [1.165, 1.54) is 29.9 Å². The van der Waals surface area contributed by atoms with E-state index in [0.717, 1.165) is 0 Å². The summed E-state index contributed by atoms with van der Waals surface area (Å²) in [5, 5.41) is 22.5. The molecule has 5 aromatic rings. The zero-order valence-corrected chi connectivity index (χ0v) is 45.0. The number of nitriles is 1. The van der Waals surface area contributed by atoms with Crippen molar-refractivity contribution >= 4 is 77.5 Å². The van der Waals surface area contributed by atoms with Gasteiger partial charge in [0.05, 0.1) is 51.3 Å². The van der Waals surface area contributed by atoms with Gasteiger partial charge >= 0.3 is 15.0 Å². The summed E-state index contributed by atoms with van der Waals surface area (Å²) < 4.78 is 68.2. The molecule has 2 saturated heterocycles. The minimum absolute atomic E-state index is 0.0499. The number of imidazole rings is 2. The zero-order chi connectivity index (χ0) is 51.0. The van der Waals surface area contributed by atoms with E-state index in [1.54, 1.807) is 34.9 Å². The number of aliphatic hydroxyl groups is 1. The van der Waals surface area contributed by atoms with Crippen LogP contribution in [0.15, 0.2) is 60.4 Å². The minimum Gasteiger partial charge on any atom is -0.407 e. The Morgan fingerprint density at radius 1 is 0.886 bits per heavy atom. The van der Waals surface area contributed by atoms with Crippen LogP contribution in [-0.4, -0.2) is 128 Å². The molecule has 2 aliphatic heterocycles. The second-order valence-electron chi connectivity index (χ2n) is 19.8. The lowest BCUT2D eigenvalue weighted by molar-refractivity contribution is -0.0547. The van der Waals surface area contributed by atoms with Crippen LogP contribution in [0.25, 0.3) is 22.3 Å². The fourth-order valence-electron chi connectivity index (χ4n) is 7.35. The fourth-order valence-corrected chi connectivity index (χ4v) is 12.5. The topological polar surface area (TPSA) is 291 Å². The van der Waals surface area contributed by atoms with E-state index < -0.39 is 105 Å². The molecule has 28 heteroatoms. The second kappa shape index (κ2) is 21.1. The van der Waals surface area contributed by atoms with Crippen LogP contribution in [0.5, 0.6) is 0 Å². The number of benzene rings is 1. The van der Waals surface area contributed by atoms with Crippen molar-refractivity contribution in [3.63, 3.8) is 0 Å². The Hall–Kier alpha value is -4.14. The summed E-state index contributed by atoms with van der Waals surface area (Å²) >= 11 is 6.12. The third-order valence-electron chi connectivity index (χ3n) is 13.1. The van der Waals surface area contributed by atoms with Gasteiger partial charge in [0.15, 0.2) is 63.3 Å². The van der Waals surface area contributed by atoms with Gasteiger partial charge in [-0.15, -0.1) is 9.42 Å². The number of carbonyl (C=O) groups is 1. The van der Waals surface area contributed by atoms with Crippen molar-refractivity contribution in [2.75, 3.05) is 25.1 Å². The van der Waals surface area contributed by atoms with Gasteiger partial charge in [-0.25, -0.2) is 24.9 Å². The van der Waals surface area contributed by atoms with Crippen molar-refractivity contribution < 1.29 is 55.8 Å². The molecule has 10 atom stereocenters. The summed E-state index contributed by atoms with van der Waals surface area (Å²) in [6.45, 7) is 15.0. The van der Waals surface area contributed by atoms with Crippen LogP contribution in [0.1, 0.15) is 70.8 Å². The summed E-state index contributed by atoms with van der Waals surface area (Å²) in [6.07, 6.45) is -3.87. The van der Waals surface area contributed by atoms with Gasteiger partial charge in [0.1, 0.15) is 36.8 Å². The average Bonchev–Trinajstić information content (AvgIpc) is 4.07. The quantitative estimate of drug-likeness (QED) is 0.0397. The number of H-pyrrole nitrogens is 1. The molecule has 4 N–H and O–H groups in total. The number of aromatic amines is 1. The molecule has 0 bridgehead atoms. The van der Waals surface area contributed by atoms with E-state index in [0.29, 0.717) is 5.56 Å². The third kappa shape index (κ3) is 11.4. The van der Waals surface area contributed by atoms with Crippen LogP contribution in [0.3, 0.4) is 0 Å². The Bertz CT molecular complexity index is 2840. The summed E-state index contributed by atoms with van der Waals surface area (Å²) in [4.78, 5) is 60.9. The number of rotatable bonds is 19. The van der Waals surface area contributed by atoms with Gasteiger partial charge in [0.2, 0.25) is 0 Å². The Morgan fingerprint density at radius 3 is 2.06 bits per heavy atom. The molecule has 0 aliphatic carbocycles. The molecule has 1 aromatic carbocycles. The number of hydrogen-bond acceptors (Lipinski definition) is 19. The Labute approximate surface area is 412 Å². The molecule has 70 heavy (non-hydrogen) atoms. The van der Waals surface area contributed by atoms with Gasteiger partial charge in [-0.05, 0) is 60.2 Å². The molecule has 6 unspecified atom stereocenters. The molecular formula is C42H59N10O13P2SSi2+. The second-order valence-corrected chi connectivity index (χ2v) is 32.9. The lowest BCUT2D eigenvalue weighted by atomic mass is 10.1. The van der Waals surface area contributed by atoms with Crippen molar-refractivity contribution in [2.45, 2.75) is 133 Å². The molecule has 2 aliphatic rings. The monoisotopic (exact) mass is 1060 g/mol. The van der Waals surface area contributed by atoms with E-state index in [2.05, 4.69) is 35.2 Å². The van der Waals surface area contributed by atoms with E-state index in [4.69, 9.17) is 48.2 Å². The fraction of sp³-hybridized carbons (Fsp3) is 0.571. The number of fused-ring (bicyclic) bond motifs is 2. The van der Waals surface area contributed by atoms with Crippen LogP contribution in [0.2, 0.25) is 36.3 Å². The number of hydrogen-bond donors (Lipinski definition) is 4. The molecular weight excluding hydrogens is 1000 g/mol. The van der Waals surface area contributed by atoms with Gasteiger partial charge in [-0.1, -0.05) is 59.7 Å². The highest BCUT2D eigenvalue weighted by atomic mass is 32.5. The highest BCUT2D eigenvalue weighted by Crippen LogP contribution is 2.56. The van der Waals surface area contributed by atoms with E-state index in [1.807, 2.05) is 73.8 Å². The molecule has 378 valence electrons. The zero-order valence-electron chi connectivity index (χ0n) is 40.4. The van der Waals surface area contributed by atoms with Crippen LogP contribution in [0.4, 0.5) is 5.82 Å². The predicted molar refractivity (Wildman–Crippen MR) is 263 cm³/mol. The maximum Gasteiger partial charge on any atom is 0.695 e. The van der Waals surface area contributed by atoms with Gasteiger partial charge in [0, 0.05) is 10.1 Å². The number of amides is 1. The highest BCUT2D eigenvalue weighted by Gasteiger charge is 2.57. The molecule has 1 amide bonds. The first-order chi connectivity index (χ1) is 32.9. The molecule has 7 rings (SSSR count). The largest absolute Gasteiger partial charge is 0.695 e. The summed E-state index contributed by atoms with van der Waals surface area (Å²) in [7, 11) is -8.77. The lowest BCUT2D eigenvalue weighted by Crippen LogP contribution is -2.49. The number of ether oxygens (including phenoxy) is 2. The van der Waals surface area contributed by atoms with Gasteiger partial charge in [0.25, 0.3) is 11.5 Å². The van der Waals surface area contributed by atoms with Crippen molar-refractivity contribution in [1.82, 2.24) is 39.0 Å². The van der Waals surface area contributed by atoms with Crippen LogP contribution in [-0.2, 0) is 52.8 Å². The van der Waals surface area contributed by atoms with Gasteiger partial charge < -0.3 is 42.8 Å². The molecule has 0 radical (unpaired) electrons. The number of aliphatic hydroxyl groups excluding tert-OH is 1. The molecule has 0 saturated carbocycles. The van der Waals surface area contributed by atoms with E-state index in [-0.39, 0.29) is 51.2 Å². The smallest absolute Gasteiger partial charge is 0.407 e. The first-order valence-corrected chi connectivity index (χ1v) is 31.9. The molecule has 2 fully saturated rings. The molecule has 4 aromatic heterocycles. The number of nitrogens with zero attached hydrogens (tertiary/aromatic N) is 8. The standard InChI is InChI=1S/C42H58N10O13P2SSi2/c1-41(2,3)69(7,8)64-32-30(62-66(56)57)27(61-39(32)51-23-48-28-34(44-21-45-35(28)51)50-37(54)25-15-12-11-13-16-25)20-59-67(68,58-18-14-17-43)63-31-26(19-53)60-40(33(31)65-70(9,10)42(4,5)6)52-24-49-29-36(52)46-22-47-38(29)55/h11-13,15-16,21-24,26-27,30-33,39-40,53H,14,18-20H2,1-10H3,(H2-,44,45,46,47,50,54,55,56,57)/p+1/t26?,27?,30-,31-,32-,33-,39?,40?,67?/m1/s1. The summed E-state index contributed by atoms with van der Waals surface area (Å²) in [6, 6.07) is 10.6. The minimum atomic E-state index is -4.07. The van der Waals surface area contributed by atoms with E-state index >= 15 is 0 Å². The Kier molecular flexibility index (Phi) is 16.2. The normalized spacial score (nSPS) is 24.5. The number of nitrogens with one attached hydrogen (secondary N) is 2. The lowest BCUT2D eigenvalue weighted by Gasteiger charge is -2.41. The van der Waals surface area contributed by atoms with Gasteiger partial charge in [-0.3, -0.25) is 23.2 Å². The highest BCUT2D eigenvalue weighted by molar-refractivity contribution is 8.07. The first-order valence-electron chi connectivity index (χ1n) is 22.4. The van der Waals surface area contributed by atoms with Crippen molar-refractivity contribution in [2.24, 2.45) is 0 Å². The molecule has 0 spiro atoms. The Balaban J connectivity index is 1.25. The summed E-state index contributed by atoms with van der Waals surface area (Å²) in [5.41, 5.74) is 0.616. The van der Waals surface area contributed by atoms with Crippen LogP contribution in [0, 0.1) is 11.3 Å². The number of carbonyl (C=O) groups excluding carboxylic acids is 1. The van der Waals surface area contributed by atoms with Crippen LogP contribution >= 0.6 is 15.0 Å². The molecule has 6 heterocycles. The first kappa shape index (κ1) is 53.7. The predicted octanol–water partition coefficient (Wildman–Crippen LogP) is 6.37. The maximum absolute atomic E-state index is 13.2. The third-order valence-corrected chi connectivity index (χ3v) is 24.8. The van der Waals surface area contributed by atoms with Crippen LogP contribution < -0.4 is 10.9 Å². The summed E-state index contributed by atoms with van der Waals surface area (Å²) in [5.74, 6) is -0.303. The molecule has 23 nitrogen and oxygen atoms in total.